The number of carbonyl (C=O) groups excluding carboxylic acids is 1. The molecule has 220 valence electrons. The van der Waals surface area contributed by atoms with Gasteiger partial charge in [0.1, 0.15) is 6.29 Å². The molecule has 0 amide bonds. The Labute approximate surface area is 234 Å². The highest BCUT2D eigenvalue weighted by atomic mass is 28.2. The molecule has 0 radical (unpaired) electrons. The number of aldehydes is 1. The summed E-state index contributed by atoms with van der Waals surface area (Å²) in [5.74, 6) is 0.980. The molecule has 7 heteroatoms. The number of hydrogen-bond donors (Lipinski definition) is 0. The molecule has 3 fully saturated rings. The molecule has 2 saturated heterocycles. The minimum atomic E-state index is -0.752. The van der Waals surface area contributed by atoms with Crippen LogP contribution < -0.4 is 0 Å². The lowest BCUT2D eigenvalue weighted by Gasteiger charge is -2.31. The molecule has 2 aliphatic heterocycles. The summed E-state index contributed by atoms with van der Waals surface area (Å²) in [5.41, 5.74) is 0. The maximum Gasteiger partial charge on any atom is 0.167 e. The Morgan fingerprint density at radius 1 is 0.947 bits per heavy atom. The molecule has 0 aromatic carbocycles. The van der Waals surface area contributed by atoms with Crippen LogP contribution in [0.4, 0.5) is 0 Å². The van der Waals surface area contributed by atoms with Gasteiger partial charge >= 0.3 is 0 Å². The summed E-state index contributed by atoms with van der Waals surface area (Å²) in [6.45, 7) is 11.6. The maximum atomic E-state index is 11.7. The molecule has 6 nitrogen and oxygen atoms in total. The number of carbonyl (C=O) groups is 1. The summed E-state index contributed by atoms with van der Waals surface area (Å²) in [6, 6.07) is 0. The molecule has 3 rings (SSSR count). The normalized spacial score (nSPS) is 31.2. The van der Waals surface area contributed by atoms with E-state index in [0.717, 1.165) is 77.5 Å². The predicted molar refractivity (Wildman–Crippen MR) is 155 cm³/mol. The molecular weight excluding hydrogens is 496 g/mol. The third kappa shape index (κ3) is 10.8. The molecule has 0 bridgehead atoms. The summed E-state index contributed by atoms with van der Waals surface area (Å²) < 4.78 is 30.6. The minimum absolute atomic E-state index is 0.0264. The van der Waals surface area contributed by atoms with E-state index in [2.05, 4.69) is 39.8 Å². The summed E-state index contributed by atoms with van der Waals surface area (Å²) in [7, 11) is -0.752. The fourth-order valence-corrected chi connectivity index (χ4v) is 7.00. The van der Waals surface area contributed by atoms with Crippen molar-refractivity contribution < 1.29 is 28.2 Å². The molecule has 3 aliphatic rings. The molecule has 38 heavy (non-hydrogen) atoms. The molecule has 0 aromatic rings. The van der Waals surface area contributed by atoms with Gasteiger partial charge in [-0.25, -0.2) is 0 Å². The van der Waals surface area contributed by atoms with E-state index in [1.165, 1.54) is 25.7 Å². The molecular formula is C31H56O6Si. The van der Waals surface area contributed by atoms with Crippen LogP contribution in [-0.2, 0) is 28.2 Å². The van der Waals surface area contributed by atoms with E-state index in [-0.39, 0.29) is 41.7 Å². The number of unbranched alkanes of at least 4 members (excludes halogenated alkanes) is 4. The second-order valence-electron chi connectivity index (χ2n) is 12.6. The molecule has 0 aromatic heterocycles. The smallest absolute Gasteiger partial charge is 0.167 e. The Morgan fingerprint density at radius 3 is 2.32 bits per heavy atom. The van der Waals surface area contributed by atoms with Gasteiger partial charge in [0, 0.05) is 32.2 Å². The number of hydrogen-bond acceptors (Lipinski definition) is 6. The number of rotatable bonds is 17. The van der Waals surface area contributed by atoms with Crippen molar-refractivity contribution in [3.8, 4) is 0 Å². The Hall–Kier alpha value is -0.573. The van der Waals surface area contributed by atoms with Gasteiger partial charge in [-0.3, -0.25) is 0 Å². The zero-order chi connectivity index (χ0) is 27.2. The van der Waals surface area contributed by atoms with Crippen LogP contribution in [0.15, 0.2) is 12.2 Å². The van der Waals surface area contributed by atoms with Crippen LogP contribution in [-0.4, -0.2) is 60.7 Å². The zero-order valence-corrected chi connectivity index (χ0v) is 26.2. The summed E-state index contributed by atoms with van der Waals surface area (Å²) in [4.78, 5) is 11.7. The van der Waals surface area contributed by atoms with E-state index in [1.807, 2.05) is 0 Å². The molecule has 2 unspecified atom stereocenters. The van der Waals surface area contributed by atoms with Gasteiger partial charge in [0.15, 0.2) is 22.3 Å². The van der Waals surface area contributed by atoms with Crippen molar-refractivity contribution in [1.82, 2.24) is 0 Å². The molecule has 1 aliphatic carbocycles. The summed E-state index contributed by atoms with van der Waals surface area (Å²) in [5, 5.41) is 0.233. The highest BCUT2D eigenvalue weighted by molar-refractivity contribution is 6.32. The largest absolute Gasteiger partial charge is 0.420 e. The molecule has 6 atom stereocenters. The first-order valence-corrected chi connectivity index (χ1v) is 16.9. The van der Waals surface area contributed by atoms with E-state index in [9.17, 15) is 4.79 Å². The second kappa shape index (κ2) is 17.3. The number of allylic oxidation sites excluding steroid dienone is 1. The van der Waals surface area contributed by atoms with Crippen LogP contribution in [0.5, 0.6) is 0 Å². The lowest BCUT2D eigenvalue weighted by atomic mass is 9.90. The summed E-state index contributed by atoms with van der Waals surface area (Å²) in [6.07, 6.45) is 19.6. The highest BCUT2D eigenvalue weighted by Gasteiger charge is 2.44. The Bertz CT molecular complexity index is 671. The van der Waals surface area contributed by atoms with Gasteiger partial charge in [0.2, 0.25) is 0 Å². The van der Waals surface area contributed by atoms with Gasteiger partial charge in [-0.1, -0.05) is 52.7 Å². The molecule has 0 N–H and O–H groups in total. The van der Waals surface area contributed by atoms with Crippen LogP contribution in [0.3, 0.4) is 0 Å². The van der Waals surface area contributed by atoms with Crippen LogP contribution in [0.1, 0.15) is 111 Å². The van der Waals surface area contributed by atoms with Gasteiger partial charge in [-0.15, -0.1) is 0 Å². The van der Waals surface area contributed by atoms with Crippen molar-refractivity contribution in [2.75, 3.05) is 19.8 Å². The Morgan fingerprint density at radius 2 is 1.66 bits per heavy atom. The number of ether oxygens (including phenoxy) is 4. The van der Waals surface area contributed by atoms with Gasteiger partial charge in [0.25, 0.3) is 0 Å². The summed E-state index contributed by atoms with van der Waals surface area (Å²) >= 11 is 0. The van der Waals surface area contributed by atoms with E-state index >= 15 is 0 Å². The van der Waals surface area contributed by atoms with E-state index in [1.54, 1.807) is 0 Å². The topological polar surface area (TPSA) is 63.2 Å². The van der Waals surface area contributed by atoms with Crippen LogP contribution >= 0.6 is 0 Å². The zero-order valence-electron chi connectivity index (χ0n) is 24.7. The SMILES string of the molecule is CC(C)C(C)(C)[SiH2]O[C@H]1C[C@@H](OC2CCCCO2)[C@H](C=CCCCCCCOC2CCCCO2)[C@H]1CC=O. The fraction of sp³-hybridized carbons (Fsp3) is 0.903. The van der Waals surface area contributed by atoms with Crippen molar-refractivity contribution in [3.63, 3.8) is 0 Å². The second-order valence-corrected chi connectivity index (χ2v) is 15.1. The quantitative estimate of drug-likeness (QED) is 0.0889. The van der Waals surface area contributed by atoms with Gasteiger partial charge in [-0.05, 0) is 81.1 Å². The van der Waals surface area contributed by atoms with Crippen LogP contribution in [0, 0.1) is 17.8 Å². The molecule has 1 saturated carbocycles. The molecule has 0 spiro atoms. The third-order valence-corrected chi connectivity index (χ3v) is 11.2. The fourth-order valence-electron chi connectivity index (χ4n) is 5.64. The maximum absolute atomic E-state index is 11.7. The van der Waals surface area contributed by atoms with Crippen molar-refractivity contribution in [3.05, 3.63) is 12.2 Å². The Balaban J connectivity index is 1.47. The predicted octanol–water partition coefficient (Wildman–Crippen LogP) is 6.50. The van der Waals surface area contributed by atoms with Crippen molar-refractivity contribution in [1.29, 1.82) is 0 Å². The lowest BCUT2D eigenvalue weighted by Crippen LogP contribution is -2.31. The van der Waals surface area contributed by atoms with E-state index < -0.39 is 9.76 Å². The first-order chi connectivity index (χ1) is 18.4. The van der Waals surface area contributed by atoms with Crippen LogP contribution in [0.25, 0.3) is 0 Å². The van der Waals surface area contributed by atoms with Crippen molar-refractivity contribution >= 4 is 16.0 Å². The highest BCUT2D eigenvalue weighted by Crippen LogP contribution is 2.42. The van der Waals surface area contributed by atoms with Crippen LogP contribution in [0.2, 0.25) is 5.04 Å². The van der Waals surface area contributed by atoms with E-state index in [0.29, 0.717) is 12.3 Å². The Kier molecular flexibility index (Phi) is 14.5. The van der Waals surface area contributed by atoms with Gasteiger partial charge in [-0.2, -0.15) is 0 Å². The minimum Gasteiger partial charge on any atom is -0.420 e. The first kappa shape index (κ1) is 31.9. The average Bonchev–Trinajstić information content (AvgIpc) is 3.23. The van der Waals surface area contributed by atoms with Crippen molar-refractivity contribution in [2.45, 2.75) is 141 Å². The van der Waals surface area contributed by atoms with Crippen molar-refractivity contribution in [2.24, 2.45) is 17.8 Å². The molecule has 2 heterocycles. The standard InChI is InChI=1S/C31H56O6Si/c1-24(2)31(3,4)38-37-28-23-27(36-30-17-11-14-22-35-30)25(26(28)18-19-32)15-9-7-5-6-8-12-20-33-29-16-10-13-21-34-29/h9,15,19,24-30H,5-8,10-14,16-18,20-23,38H2,1-4H3/t25-,26-,27-,28+,29?,30?/m1/s1. The van der Waals surface area contributed by atoms with Gasteiger partial charge < -0.3 is 28.2 Å². The third-order valence-electron chi connectivity index (χ3n) is 9.00. The monoisotopic (exact) mass is 552 g/mol. The van der Waals surface area contributed by atoms with Gasteiger partial charge in [0.05, 0.1) is 12.2 Å². The average molecular weight is 553 g/mol. The first-order valence-electron chi connectivity index (χ1n) is 15.6. The lowest BCUT2D eigenvalue weighted by molar-refractivity contribution is -0.193. The van der Waals surface area contributed by atoms with E-state index in [4.69, 9.17) is 23.4 Å².